The Hall–Kier alpha value is -2.33. The molecule has 0 heterocycles. The van der Waals surface area contributed by atoms with E-state index in [-0.39, 0.29) is 11.8 Å². The maximum atomic E-state index is 12.0. The highest BCUT2D eigenvalue weighted by atomic mass is 35.5. The molecule has 0 radical (unpaired) electrons. The van der Waals surface area contributed by atoms with E-state index in [0.29, 0.717) is 35.7 Å². The first-order valence-electron chi connectivity index (χ1n) is 8.01. The number of amides is 2. The highest BCUT2D eigenvalue weighted by Gasteiger charge is 2.07. The van der Waals surface area contributed by atoms with Crippen LogP contribution in [0.5, 0.6) is 0 Å². The molecule has 2 aromatic carbocycles. The molecule has 0 aliphatic carbocycles. The Labute approximate surface area is 147 Å². The van der Waals surface area contributed by atoms with Crippen LogP contribution in [0, 0.1) is 0 Å². The lowest BCUT2D eigenvalue weighted by Crippen LogP contribution is -2.23. The fourth-order valence-electron chi connectivity index (χ4n) is 2.22. The Bertz CT molecular complexity index is 699. The van der Waals surface area contributed by atoms with Gasteiger partial charge in [0.25, 0.3) is 5.91 Å². The molecule has 24 heavy (non-hydrogen) atoms. The topological polar surface area (TPSA) is 58.2 Å². The normalized spacial score (nSPS) is 10.2. The molecule has 0 aliphatic heterocycles. The number of anilines is 1. The van der Waals surface area contributed by atoms with Crippen LogP contribution in [0.4, 0.5) is 5.69 Å². The standard InChI is InChI=1S/C19H21ClN2O2/c1-2-13-21-19(24)15-7-10-16(11-8-15)22-18(23)12-9-14-5-3-4-6-17(14)20/h3-8,10-11H,2,9,12-13H2,1H3,(H,21,24)(H,22,23). The molecule has 0 aliphatic rings. The highest BCUT2D eigenvalue weighted by Crippen LogP contribution is 2.17. The maximum absolute atomic E-state index is 12.0. The van der Waals surface area contributed by atoms with Crippen LogP contribution in [0.25, 0.3) is 0 Å². The van der Waals surface area contributed by atoms with E-state index in [9.17, 15) is 9.59 Å². The molecular weight excluding hydrogens is 324 g/mol. The van der Waals surface area contributed by atoms with Gasteiger partial charge in [0.05, 0.1) is 0 Å². The number of hydrogen-bond acceptors (Lipinski definition) is 2. The summed E-state index contributed by atoms with van der Waals surface area (Å²) in [5.41, 5.74) is 2.21. The molecule has 0 bridgehead atoms. The fraction of sp³-hybridized carbons (Fsp3) is 0.263. The van der Waals surface area contributed by atoms with Gasteiger partial charge in [0.2, 0.25) is 5.91 Å². The molecule has 0 atom stereocenters. The van der Waals surface area contributed by atoms with Gasteiger partial charge in [-0.25, -0.2) is 0 Å². The Morgan fingerprint density at radius 2 is 1.75 bits per heavy atom. The predicted octanol–water partition coefficient (Wildman–Crippen LogP) is 4.05. The first-order valence-corrected chi connectivity index (χ1v) is 8.39. The molecule has 0 fully saturated rings. The fourth-order valence-corrected chi connectivity index (χ4v) is 2.45. The maximum Gasteiger partial charge on any atom is 0.251 e. The summed E-state index contributed by atoms with van der Waals surface area (Å²) in [6, 6.07) is 14.4. The zero-order valence-corrected chi connectivity index (χ0v) is 14.4. The zero-order valence-electron chi connectivity index (χ0n) is 13.6. The second-order valence-electron chi connectivity index (χ2n) is 5.47. The third-order valence-electron chi connectivity index (χ3n) is 3.55. The third-order valence-corrected chi connectivity index (χ3v) is 3.91. The first kappa shape index (κ1) is 18.0. The summed E-state index contributed by atoms with van der Waals surface area (Å²) in [5.74, 6) is -0.188. The molecule has 0 aromatic heterocycles. The predicted molar refractivity (Wildman–Crippen MR) is 97.5 cm³/mol. The largest absolute Gasteiger partial charge is 0.352 e. The monoisotopic (exact) mass is 344 g/mol. The van der Waals surface area contributed by atoms with E-state index in [1.807, 2.05) is 31.2 Å². The number of carbonyl (C=O) groups excluding carboxylic acids is 2. The molecule has 126 valence electrons. The number of rotatable bonds is 7. The summed E-state index contributed by atoms with van der Waals surface area (Å²) < 4.78 is 0. The Morgan fingerprint density at radius 3 is 2.42 bits per heavy atom. The van der Waals surface area contributed by atoms with Crippen molar-refractivity contribution in [3.63, 3.8) is 0 Å². The minimum atomic E-state index is -0.103. The van der Waals surface area contributed by atoms with E-state index in [1.165, 1.54) is 0 Å². The van der Waals surface area contributed by atoms with Crippen molar-refractivity contribution in [2.45, 2.75) is 26.2 Å². The van der Waals surface area contributed by atoms with Gasteiger partial charge in [-0.1, -0.05) is 36.7 Å². The first-order chi connectivity index (χ1) is 11.6. The van der Waals surface area contributed by atoms with Crippen LogP contribution in [-0.2, 0) is 11.2 Å². The average Bonchev–Trinajstić information content (AvgIpc) is 2.59. The van der Waals surface area contributed by atoms with Gasteiger partial charge < -0.3 is 10.6 Å². The lowest BCUT2D eigenvalue weighted by Gasteiger charge is -2.08. The minimum absolute atomic E-state index is 0.0851. The number of hydrogen-bond donors (Lipinski definition) is 2. The summed E-state index contributed by atoms with van der Waals surface area (Å²) in [4.78, 5) is 23.8. The average molecular weight is 345 g/mol. The van der Waals surface area contributed by atoms with Gasteiger partial charge in [-0.2, -0.15) is 0 Å². The van der Waals surface area contributed by atoms with Gasteiger partial charge in [0.15, 0.2) is 0 Å². The summed E-state index contributed by atoms with van der Waals surface area (Å²) >= 11 is 6.08. The van der Waals surface area contributed by atoms with E-state index < -0.39 is 0 Å². The van der Waals surface area contributed by atoms with Crippen molar-refractivity contribution in [1.82, 2.24) is 5.32 Å². The van der Waals surface area contributed by atoms with Crippen LogP contribution in [-0.4, -0.2) is 18.4 Å². The molecule has 2 N–H and O–H groups in total. The Morgan fingerprint density at radius 1 is 1.04 bits per heavy atom. The molecule has 2 aromatic rings. The van der Waals surface area contributed by atoms with Crippen molar-refractivity contribution < 1.29 is 9.59 Å². The smallest absolute Gasteiger partial charge is 0.251 e. The van der Waals surface area contributed by atoms with Crippen molar-refractivity contribution in [1.29, 1.82) is 0 Å². The van der Waals surface area contributed by atoms with E-state index in [4.69, 9.17) is 11.6 Å². The van der Waals surface area contributed by atoms with Gasteiger partial charge in [-0.3, -0.25) is 9.59 Å². The zero-order chi connectivity index (χ0) is 17.4. The van der Waals surface area contributed by atoms with Crippen LogP contribution in [0.15, 0.2) is 48.5 Å². The molecule has 0 spiro atoms. The number of carbonyl (C=O) groups is 2. The SMILES string of the molecule is CCCNC(=O)c1ccc(NC(=O)CCc2ccccc2Cl)cc1. The van der Waals surface area contributed by atoms with Crippen LogP contribution in [0.2, 0.25) is 5.02 Å². The van der Waals surface area contributed by atoms with Gasteiger partial charge in [0.1, 0.15) is 0 Å². The van der Waals surface area contributed by atoms with Gasteiger partial charge in [-0.05, 0) is 48.7 Å². The van der Waals surface area contributed by atoms with Crippen molar-refractivity contribution in [2.75, 3.05) is 11.9 Å². The number of benzene rings is 2. The summed E-state index contributed by atoms with van der Waals surface area (Å²) in [5, 5.41) is 6.31. The second-order valence-corrected chi connectivity index (χ2v) is 5.88. The van der Waals surface area contributed by atoms with Crippen molar-refractivity contribution in [2.24, 2.45) is 0 Å². The van der Waals surface area contributed by atoms with E-state index in [0.717, 1.165) is 12.0 Å². The second kappa shape index (κ2) is 9.08. The molecule has 5 heteroatoms. The van der Waals surface area contributed by atoms with Crippen LogP contribution in [0.3, 0.4) is 0 Å². The molecule has 4 nitrogen and oxygen atoms in total. The lowest BCUT2D eigenvalue weighted by molar-refractivity contribution is -0.116. The molecule has 2 amide bonds. The van der Waals surface area contributed by atoms with Crippen molar-refractivity contribution >= 4 is 29.1 Å². The van der Waals surface area contributed by atoms with Gasteiger partial charge in [0, 0.05) is 29.2 Å². The molecular formula is C19H21ClN2O2. The van der Waals surface area contributed by atoms with Crippen LogP contribution >= 0.6 is 11.6 Å². The minimum Gasteiger partial charge on any atom is -0.352 e. The molecule has 0 unspecified atom stereocenters. The Balaban J connectivity index is 1.85. The number of nitrogens with one attached hydrogen (secondary N) is 2. The quantitative estimate of drug-likeness (QED) is 0.796. The van der Waals surface area contributed by atoms with Gasteiger partial charge in [-0.15, -0.1) is 0 Å². The van der Waals surface area contributed by atoms with Crippen molar-refractivity contribution in [3.05, 3.63) is 64.7 Å². The summed E-state index contributed by atoms with van der Waals surface area (Å²) in [6.45, 7) is 2.65. The number of halogens is 1. The molecule has 0 saturated heterocycles. The molecule has 0 saturated carbocycles. The highest BCUT2D eigenvalue weighted by molar-refractivity contribution is 6.31. The summed E-state index contributed by atoms with van der Waals surface area (Å²) in [6.07, 6.45) is 1.83. The van der Waals surface area contributed by atoms with Crippen LogP contribution in [0.1, 0.15) is 35.7 Å². The van der Waals surface area contributed by atoms with Gasteiger partial charge >= 0.3 is 0 Å². The van der Waals surface area contributed by atoms with E-state index in [1.54, 1.807) is 24.3 Å². The number of aryl methyl sites for hydroxylation is 1. The lowest BCUT2D eigenvalue weighted by atomic mass is 10.1. The van der Waals surface area contributed by atoms with Crippen molar-refractivity contribution in [3.8, 4) is 0 Å². The third kappa shape index (κ3) is 5.39. The molecule has 2 rings (SSSR count). The van der Waals surface area contributed by atoms with Crippen LogP contribution < -0.4 is 10.6 Å². The van der Waals surface area contributed by atoms with E-state index >= 15 is 0 Å². The van der Waals surface area contributed by atoms with E-state index in [2.05, 4.69) is 10.6 Å². The Kier molecular flexibility index (Phi) is 6.82. The summed E-state index contributed by atoms with van der Waals surface area (Å²) in [7, 11) is 0.